The molecule has 0 radical (unpaired) electrons. The summed E-state index contributed by atoms with van der Waals surface area (Å²) < 4.78 is 1.84. The van der Waals surface area contributed by atoms with Gasteiger partial charge in [-0.15, -0.1) is 0 Å². The van der Waals surface area contributed by atoms with Gasteiger partial charge in [0.25, 0.3) is 0 Å². The van der Waals surface area contributed by atoms with Crippen molar-refractivity contribution in [3.8, 4) is 0 Å². The molecular formula is C11H19N9. The van der Waals surface area contributed by atoms with Crippen LogP contribution in [-0.4, -0.2) is 45.4 Å². The summed E-state index contributed by atoms with van der Waals surface area (Å²) in [6.07, 6.45) is 2.60. The first-order valence-electron chi connectivity index (χ1n) is 6.21. The van der Waals surface area contributed by atoms with E-state index in [0.717, 1.165) is 12.1 Å². The maximum absolute atomic E-state index is 5.35. The lowest BCUT2D eigenvalue weighted by Gasteiger charge is -2.13. The number of rotatable bonds is 6. The lowest BCUT2D eigenvalue weighted by atomic mass is 10.3. The zero-order valence-corrected chi connectivity index (χ0v) is 11.8. The molecule has 2 heterocycles. The molecule has 2 rings (SSSR count). The zero-order valence-electron chi connectivity index (χ0n) is 11.8. The number of hydrogen-bond acceptors (Lipinski definition) is 8. The molecule has 0 saturated heterocycles. The Hall–Kier alpha value is -2.42. The summed E-state index contributed by atoms with van der Waals surface area (Å²) in [6.45, 7) is 0.695. The van der Waals surface area contributed by atoms with Gasteiger partial charge in [0, 0.05) is 46.0 Å². The number of anilines is 3. The lowest BCUT2D eigenvalue weighted by Crippen LogP contribution is -2.19. The van der Waals surface area contributed by atoms with E-state index in [0.29, 0.717) is 24.4 Å². The third kappa shape index (κ3) is 3.32. The van der Waals surface area contributed by atoms with Crippen LogP contribution >= 0.6 is 0 Å². The summed E-state index contributed by atoms with van der Waals surface area (Å²) in [5.74, 6) is 6.70. The molecule has 0 aliphatic heterocycles. The van der Waals surface area contributed by atoms with Crippen molar-refractivity contribution in [2.75, 3.05) is 36.3 Å². The normalized spacial score (nSPS) is 10.4. The summed E-state index contributed by atoms with van der Waals surface area (Å²) in [5.41, 5.74) is 3.57. The fourth-order valence-corrected chi connectivity index (χ4v) is 1.66. The van der Waals surface area contributed by atoms with Gasteiger partial charge in [-0.2, -0.15) is 20.1 Å². The first kappa shape index (κ1) is 14.0. The SMILES string of the molecule is CN(C)c1nc(NN)nc(NCCc2ccnn2C)n1. The van der Waals surface area contributed by atoms with Crippen LogP contribution in [0.4, 0.5) is 17.8 Å². The summed E-state index contributed by atoms with van der Waals surface area (Å²) in [6, 6.07) is 1.98. The van der Waals surface area contributed by atoms with Gasteiger partial charge in [0.05, 0.1) is 0 Å². The van der Waals surface area contributed by atoms with E-state index >= 15 is 0 Å². The fraction of sp³-hybridized carbons (Fsp3) is 0.455. The van der Waals surface area contributed by atoms with Gasteiger partial charge in [0.2, 0.25) is 17.8 Å². The molecule has 0 spiro atoms. The van der Waals surface area contributed by atoms with Crippen molar-refractivity contribution in [1.82, 2.24) is 24.7 Å². The van der Waals surface area contributed by atoms with Gasteiger partial charge >= 0.3 is 0 Å². The highest BCUT2D eigenvalue weighted by Crippen LogP contribution is 2.10. The molecule has 0 amide bonds. The molecule has 2 aromatic heterocycles. The van der Waals surface area contributed by atoms with Crippen LogP contribution in [-0.2, 0) is 13.5 Å². The molecule has 0 aliphatic rings. The first-order valence-corrected chi connectivity index (χ1v) is 6.21. The van der Waals surface area contributed by atoms with Crippen molar-refractivity contribution in [2.24, 2.45) is 12.9 Å². The molecule has 9 nitrogen and oxygen atoms in total. The Morgan fingerprint density at radius 2 is 2.00 bits per heavy atom. The third-order valence-corrected chi connectivity index (χ3v) is 2.74. The Labute approximate surface area is 117 Å². The van der Waals surface area contributed by atoms with E-state index in [2.05, 4.69) is 30.8 Å². The van der Waals surface area contributed by atoms with Gasteiger partial charge in [-0.05, 0) is 6.07 Å². The molecule has 108 valence electrons. The standard InChI is InChI=1S/C11H19N9/c1-19(2)11-16-9(15-10(17-11)18-12)13-6-4-8-5-7-14-20(8)3/h5,7H,4,6,12H2,1-3H3,(H2,13,15,16,17,18). The molecular weight excluding hydrogens is 258 g/mol. The van der Waals surface area contributed by atoms with Gasteiger partial charge in [0.1, 0.15) is 0 Å². The molecule has 0 saturated carbocycles. The topological polar surface area (TPSA) is 110 Å². The number of nitrogens with zero attached hydrogens (tertiary/aromatic N) is 6. The molecule has 0 atom stereocenters. The quantitative estimate of drug-likeness (QED) is 0.484. The minimum Gasteiger partial charge on any atom is -0.354 e. The predicted molar refractivity (Wildman–Crippen MR) is 77.4 cm³/mol. The van der Waals surface area contributed by atoms with E-state index in [-0.39, 0.29) is 0 Å². The highest BCUT2D eigenvalue weighted by Gasteiger charge is 2.07. The van der Waals surface area contributed by atoms with Crippen molar-refractivity contribution in [3.05, 3.63) is 18.0 Å². The Bertz CT molecular complexity index is 563. The van der Waals surface area contributed by atoms with Gasteiger partial charge in [-0.3, -0.25) is 10.1 Å². The highest BCUT2D eigenvalue weighted by molar-refractivity contribution is 5.42. The predicted octanol–water partition coefficient (Wildman–Crippen LogP) is -0.389. The third-order valence-electron chi connectivity index (χ3n) is 2.74. The number of nitrogen functional groups attached to an aromatic ring is 1. The smallest absolute Gasteiger partial charge is 0.243 e. The molecule has 4 N–H and O–H groups in total. The number of hydrogen-bond donors (Lipinski definition) is 3. The number of aromatic nitrogens is 5. The van der Waals surface area contributed by atoms with Gasteiger partial charge in [-0.1, -0.05) is 0 Å². The van der Waals surface area contributed by atoms with Crippen molar-refractivity contribution in [1.29, 1.82) is 0 Å². The molecule has 9 heteroatoms. The highest BCUT2D eigenvalue weighted by atomic mass is 15.4. The van der Waals surface area contributed by atoms with Crippen LogP contribution in [0, 0.1) is 0 Å². The van der Waals surface area contributed by atoms with Gasteiger partial charge in [0.15, 0.2) is 0 Å². The van der Waals surface area contributed by atoms with Crippen LogP contribution in [0.1, 0.15) is 5.69 Å². The van der Waals surface area contributed by atoms with E-state index in [1.807, 2.05) is 31.9 Å². The largest absolute Gasteiger partial charge is 0.354 e. The molecule has 0 aliphatic carbocycles. The van der Waals surface area contributed by atoms with Crippen LogP contribution < -0.4 is 21.5 Å². The fourth-order valence-electron chi connectivity index (χ4n) is 1.66. The monoisotopic (exact) mass is 277 g/mol. The average molecular weight is 277 g/mol. The molecule has 0 fully saturated rings. The zero-order chi connectivity index (χ0) is 14.5. The number of aryl methyl sites for hydroxylation is 1. The van der Waals surface area contributed by atoms with E-state index in [9.17, 15) is 0 Å². The summed E-state index contributed by atoms with van der Waals surface area (Å²) in [7, 11) is 5.63. The Kier molecular flexibility index (Phi) is 4.31. The van der Waals surface area contributed by atoms with Crippen LogP contribution in [0.3, 0.4) is 0 Å². The van der Waals surface area contributed by atoms with E-state index in [1.165, 1.54) is 0 Å². The maximum atomic E-state index is 5.35. The molecule has 0 aromatic carbocycles. The van der Waals surface area contributed by atoms with Crippen molar-refractivity contribution >= 4 is 17.8 Å². The first-order chi connectivity index (χ1) is 9.60. The average Bonchev–Trinajstić information content (AvgIpc) is 2.84. The Balaban J connectivity index is 2.01. The second kappa shape index (κ2) is 6.15. The van der Waals surface area contributed by atoms with E-state index < -0.39 is 0 Å². The van der Waals surface area contributed by atoms with Crippen LogP contribution in [0.15, 0.2) is 12.3 Å². The van der Waals surface area contributed by atoms with Gasteiger partial charge in [-0.25, -0.2) is 5.84 Å². The number of nitrogens with one attached hydrogen (secondary N) is 2. The van der Waals surface area contributed by atoms with Gasteiger partial charge < -0.3 is 10.2 Å². The molecule has 20 heavy (non-hydrogen) atoms. The lowest BCUT2D eigenvalue weighted by molar-refractivity contribution is 0.710. The number of nitrogens with two attached hydrogens (primary N) is 1. The molecule has 0 bridgehead atoms. The maximum Gasteiger partial charge on any atom is 0.243 e. The number of hydrazine groups is 1. The molecule has 0 unspecified atom stereocenters. The minimum absolute atomic E-state index is 0.326. The van der Waals surface area contributed by atoms with Crippen molar-refractivity contribution < 1.29 is 0 Å². The Morgan fingerprint density at radius 3 is 2.60 bits per heavy atom. The second-order valence-corrected chi connectivity index (χ2v) is 4.44. The van der Waals surface area contributed by atoms with Crippen LogP contribution in [0.5, 0.6) is 0 Å². The van der Waals surface area contributed by atoms with E-state index in [4.69, 9.17) is 5.84 Å². The summed E-state index contributed by atoms with van der Waals surface area (Å²) in [4.78, 5) is 14.4. The summed E-state index contributed by atoms with van der Waals surface area (Å²) >= 11 is 0. The van der Waals surface area contributed by atoms with E-state index in [1.54, 1.807) is 11.1 Å². The second-order valence-electron chi connectivity index (χ2n) is 4.44. The minimum atomic E-state index is 0.326. The van der Waals surface area contributed by atoms with Crippen LogP contribution in [0.25, 0.3) is 0 Å². The van der Waals surface area contributed by atoms with Crippen LogP contribution in [0.2, 0.25) is 0 Å². The molecule has 2 aromatic rings. The van der Waals surface area contributed by atoms with Crippen molar-refractivity contribution in [3.63, 3.8) is 0 Å². The summed E-state index contributed by atoms with van der Waals surface area (Å²) in [5, 5.41) is 7.28. The Morgan fingerprint density at radius 1 is 1.25 bits per heavy atom. The van der Waals surface area contributed by atoms with Crippen molar-refractivity contribution in [2.45, 2.75) is 6.42 Å².